The minimum Gasteiger partial charge on any atom is -0.297 e. The fourth-order valence-electron chi connectivity index (χ4n) is 1.51. The van der Waals surface area contributed by atoms with Crippen LogP contribution in [0.5, 0.6) is 0 Å². The zero-order valence-corrected chi connectivity index (χ0v) is 9.47. The molecule has 0 bridgehead atoms. The molecule has 2 rings (SSSR count). The third-order valence-electron chi connectivity index (χ3n) is 2.23. The van der Waals surface area contributed by atoms with Gasteiger partial charge in [-0.15, -0.1) is 0 Å². The summed E-state index contributed by atoms with van der Waals surface area (Å²) in [4.78, 5) is 11.5. The van der Waals surface area contributed by atoms with Gasteiger partial charge >= 0.3 is 0 Å². The van der Waals surface area contributed by atoms with Gasteiger partial charge in [-0.2, -0.15) is 0 Å². The SMILES string of the molecule is N=C1C=Cc2c(cccc2S(=O)(=O)Cl)C1=O. The molecule has 0 saturated carbocycles. The molecule has 1 aliphatic rings. The predicted octanol–water partition coefficient (Wildman–Crippen LogP) is 1.84. The van der Waals surface area contributed by atoms with Gasteiger partial charge in [0.05, 0.1) is 4.90 Å². The third-order valence-corrected chi connectivity index (χ3v) is 3.61. The molecule has 1 N–H and O–H groups in total. The molecule has 0 saturated heterocycles. The Bertz CT molecular complexity index is 631. The maximum absolute atomic E-state index is 11.6. The number of halogens is 1. The monoisotopic (exact) mass is 255 g/mol. The number of nitrogens with one attached hydrogen (secondary N) is 1. The van der Waals surface area contributed by atoms with Gasteiger partial charge < -0.3 is 0 Å². The Morgan fingerprint density at radius 2 is 1.88 bits per heavy atom. The fourth-order valence-corrected chi connectivity index (χ4v) is 2.60. The Morgan fingerprint density at radius 1 is 1.19 bits per heavy atom. The largest absolute Gasteiger partial charge is 0.297 e. The van der Waals surface area contributed by atoms with Crippen molar-refractivity contribution in [2.75, 3.05) is 0 Å². The van der Waals surface area contributed by atoms with Gasteiger partial charge in [0.25, 0.3) is 9.05 Å². The van der Waals surface area contributed by atoms with Crippen LogP contribution in [0.25, 0.3) is 6.08 Å². The van der Waals surface area contributed by atoms with E-state index in [2.05, 4.69) is 0 Å². The van der Waals surface area contributed by atoms with Gasteiger partial charge in [-0.05, 0) is 12.1 Å². The van der Waals surface area contributed by atoms with Crippen molar-refractivity contribution < 1.29 is 13.2 Å². The normalized spacial score (nSPS) is 15.1. The number of ketones is 1. The Balaban J connectivity index is 2.80. The molecule has 0 aromatic heterocycles. The molecular formula is C10H6ClNO3S. The molecular weight excluding hydrogens is 250 g/mol. The summed E-state index contributed by atoms with van der Waals surface area (Å²) in [6, 6.07) is 4.23. The van der Waals surface area contributed by atoms with Crippen molar-refractivity contribution in [2.45, 2.75) is 4.90 Å². The van der Waals surface area contributed by atoms with Gasteiger partial charge in [-0.3, -0.25) is 10.2 Å². The minimum atomic E-state index is -3.89. The molecule has 1 aromatic rings. The number of hydrogen-bond donors (Lipinski definition) is 1. The van der Waals surface area contributed by atoms with Crippen molar-refractivity contribution in [2.24, 2.45) is 0 Å². The average molecular weight is 256 g/mol. The number of carbonyl (C=O) groups excluding carboxylic acids is 1. The summed E-state index contributed by atoms with van der Waals surface area (Å²) in [6.45, 7) is 0. The van der Waals surface area contributed by atoms with E-state index in [-0.39, 0.29) is 21.7 Å². The van der Waals surface area contributed by atoms with Gasteiger partial charge in [0.1, 0.15) is 5.71 Å². The topological polar surface area (TPSA) is 75.1 Å². The van der Waals surface area contributed by atoms with Crippen molar-refractivity contribution in [3.05, 3.63) is 35.4 Å². The molecule has 0 atom stereocenters. The number of fused-ring (bicyclic) bond motifs is 1. The lowest BCUT2D eigenvalue weighted by molar-refractivity contribution is 0.106. The molecule has 1 aromatic carbocycles. The Labute approximate surface area is 96.5 Å². The van der Waals surface area contributed by atoms with E-state index in [4.69, 9.17) is 16.1 Å². The highest BCUT2D eigenvalue weighted by molar-refractivity contribution is 8.13. The quantitative estimate of drug-likeness (QED) is 0.778. The maximum Gasteiger partial charge on any atom is 0.261 e. The molecule has 0 fully saturated rings. The molecule has 4 nitrogen and oxygen atoms in total. The van der Waals surface area contributed by atoms with Gasteiger partial charge in [0.2, 0.25) is 5.78 Å². The molecule has 16 heavy (non-hydrogen) atoms. The van der Waals surface area contributed by atoms with Crippen LogP contribution in [0.1, 0.15) is 15.9 Å². The molecule has 0 unspecified atom stereocenters. The first-order chi connectivity index (χ1) is 7.41. The summed E-state index contributed by atoms with van der Waals surface area (Å²) in [5.74, 6) is -0.500. The molecule has 6 heteroatoms. The van der Waals surface area contributed by atoms with Crippen LogP contribution in [-0.2, 0) is 9.05 Å². The lowest BCUT2D eigenvalue weighted by Crippen LogP contribution is -2.16. The highest BCUT2D eigenvalue weighted by Gasteiger charge is 2.24. The first kappa shape index (κ1) is 11.0. The zero-order valence-electron chi connectivity index (χ0n) is 7.90. The lowest BCUT2D eigenvalue weighted by Gasteiger charge is -2.12. The summed E-state index contributed by atoms with van der Waals surface area (Å²) in [7, 11) is 1.37. The predicted molar refractivity (Wildman–Crippen MR) is 60.6 cm³/mol. The van der Waals surface area contributed by atoms with Crippen molar-refractivity contribution in [1.82, 2.24) is 0 Å². The van der Waals surface area contributed by atoms with Crippen LogP contribution in [-0.4, -0.2) is 19.9 Å². The smallest absolute Gasteiger partial charge is 0.261 e. The van der Waals surface area contributed by atoms with Crippen LogP contribution in [0, 0.1) is 5.41 Å². The first-order valence-electron chi connectivity index (χ1n) is 4.30. The first-order valence-corrected chi connectivity index (χ1v) is 6.61. The second-order valence-electron chi connectivity index (χ2n) is 3.23. The third kappa shape index (κ3) is 1.68. The van der Waals surface area contributed by atoms with Crippen molar-refractivity contribution in [3.63, 3.8) is 0 Å². The van der Waals surface area contributed by atoms with Crippen molar-refractivity contribution in [1.29, 1.82) is 5.41 Å². The lowest BCUT2D eigenvalue weighted by atomic mass is 9.95. The molecule has 0 amide bonds. The highest BCUT2D eigenvalue weighted by Crippen LogP contribution is 2.27. The van der Waals surface area contributed by atoms with E-state index < -0.39 is 14.8 Å². The minimum absolute atomic E-state index is 0.108. The molecule has 0 spiro atoms. The van der Waals surface area contributed by atoms with Gasteiger partial charge in [0, 0.05) is 21.8 Å². The van der Waals surface area contributed by atoms with Crippen LogP contribution in [0.4, 0.5) is 0 Å². The molecule has 0 radical (unpaired) electrons. The van der Waals surface area contributed by atoms with Crippen LogP contribution < -0.4 is 0 Å². The molecule has 1 aliphatic carbocycles. The van der Waals surface area contributed by atoms with Crippen LogP contribution in [0.3, 0.4) is 0 Å². The molecule has 0 heterocycles. The van der Waals surface area contributed by atoms with Crippen LogP contribution >= 0.6 is 10.7 Å². The van der Waals surface area contributed by atoms with Crippen LogP contribution in [0.15, 0.2) is 29.2 Å². The summed E-state index contributed by atoms with van der Waals surface area (Å²) >= 11 is 0. The molecule has 0 aliphatic heterocycles. The standard InChI is InChI=1S/C10H6ClNO3S/c11-16(14,15)9-3-1-2-7-6(9)4-5-8(12)10(7)13/h1-5,12H. The van der Waals surface area contributed by atoms with Gasteiger partial charge in [-0.25, -0.2) is 8.42 Å². The fraction of sp³-hybridized carbons (Fsp3) is 0. The number of carbonyl (C=O) groups is 1. The Kier molecular flexibility index (Phi) is 2.44. The Hall–Kier alpha value is -1.46. The van der Waals surface area contributed by atoms with Gasteiger partial charge in [-0.1, -0.05) is 18.2 Å². The van der Waals surface area contributed by atoms with Crippen molar-refractivity contribution in [3.8, 4) is 0 Å². The zero-order chi connectivity index (χ0) is 11.9. The van der Waals surface area contributed by atoms with E-state index in [1.165, 1.54) is 30.4 Å². The summed E-state index contributed by atoms with van der Waals surface area (Å²) < 4.78 is 22.5. The van der Waals surface area contributed by atoms with E-state index in [9.17, 15) is 13.2 Å². The van der Waals surface area contributed by atoms with E-state index in [0.29, 0.717) is 0 Å². The van der Waals surface area contributed by atoms with E-state index in [1.54, 1.807) is 0 Å². The average Bonchev–Trinajstić information content (AvgIpc) is 2.21. The number of Topliss-reactive ketones (excluding diaryl/α,β-unsaturated/α-hetero) is 1. The highest BCUT2D eigenvalue weighted by atomic mass is 35.7. The number of benzene rings is 1. The maximum atomic E-state index is 11.6. The summed E-state index contributed by atoms with van der Waals surface area (Å²) in [6.07, 6.45) is 2.67. The van der Waals surface area contributed by atoms with E-state index in [1.807, 2.05) is 0 Å². The Morgan fingerprint density at radius 3 is 2.50 bits per heavy atom. The summed E-state index contributed by atoms with van der Waals surface area (Å²) in [5.41, 5.74) is 0.268. The van der Waals surface area contributed by atoms with Crippen LogP contribution in [0.2, 0.25) is 0 Å². The second kappa shape index (κ2) is 3.54. The number of allylic oxidation sites excluding steroid dienone is 1. The van der Waals surface area contributed by atoms with E-state index >= 15 is 0 Å². The van der Waals surface area contributed by atoms with E-state index in [0.717, 1.165) is 0 Å². The van der Waals surface area contributed by atoms with Crippen molar-refractivity contribution >= 4 is 37.3 Å². The van der Waals surface area contributed by atoms with Gasteiger partial charge in [0.15, 0.2) is 0 Å². The number of rotatable bonds is 1. The summed E-state index contributed by atoms with van der Waals surface area (Å²) in [5, 5.41) is 7.33. The second-order valence-corrected chi connectivity index (χ2v) is 5.77. The number of hydrogen-bond acceptors (Lipinski definition) is 4. The molecule has 82 valence electrons.